The van der Waals surface area contributed by atoms with Crippen LogP contribution in [-0.2, 0) is 6.54 Å². The fraction of sp³-hybridized carbons (Fsp3) is 0.214. The Morgan fingerprint density at radius 1 is 1.15 bits per heavy atom. The predicted octanol–water partition coefficient (Wildman–Crippen LogP) is 3.50. The highest BCUT2D eigenvalue weighted by molar-refractivity contribution is 6.34. The van der Waals surface area contributed by atoms with Crippen LogP contribution in [0.4, 0.5) is 5.82 Å². The first-order chi connectivity index (χ1) is 9.65. The Morgan fingerprint density at radius 2 is 1.90 bits per heavy atom. The van der Waals surface area contributed by atoms with Gasteiger partial charge in [0, 0.05) is 10.8 Å². The molecule has 102 valence electrons. The van der Waals surface area contributed by atoms with Gasteiger partial charge in [0.15, 0.2) is 11.0 Å². The molecule has 0 spiro atoms. The molecule has 0 aliphatic heterocycles. The summed E-state index contributed by atoms with van der Waals surface area (Å²) in [5.74, 6) is 2.12. The summed E-state index contributed by atoms with van der Waals surface area (Å²) in [6.45, 7) is 4.26. The van der Waals surface area contributed by atoms with Gasteiger partial charge in [-0.1, -0.05) is 35.9 Å². The first-order valence-electron chi connectivity index (χ1n) is 6.23. The van der Waals surface area contributed by atoms with E-state index in [4.69, 9.17) is 16.0 Å². The molecule has 0 fully saturated rings. The van der Waals surface area contributed by atoms with Crippen molar-refractivity contribution in [3.05, 3.63) is 46.8 Å². The third-order valence-corrected chi connectivity index (χ3v) is 3.40. The standard InChI is InChI=1S/C14H13ClN4O/c1-8-9(2)20-12(17-8)7-16-14-11-6-4-3-5-10(11)13(15)18-19-14/h3-6H,7H2,1-2H3,(H,16,19). The number of benzene rings is 1. The van der Waals surface area contributed by atoms with Gasteiger partial charge < -0.3 is 9.73 Å². The Bertz CT molecular complexity index is 749. The molecular weight excluding hydrogens is 276 g/mol. The number of hydrogen-bond donors (Lipinski definition) is 1. The van der Waals surface area contributed by atoms with E-state index >= 15 is 0 Å². The summed E-state index contributed by atoms with van der Waals surface area (Å²) in [6.07, 6.45) is 0. The fourth-order valence-electron chi connectivity index (χ4n) is 1.98. The molecule has 3 aromatic rings. The van der Waals surface area contributed by atoms with Crippen LogP contribution in [0.25, 0.3) is 10.8 Å². The van der Waals surface area contributed by atoms with E-state index in [1.807, 2.05) is 38.1 Å². The molecule has 0 aliphatic carbocycles. The third kappa shape index (κ3) is 2.32. The number of aromatic nitrogens is 3. The maximum Gasteiger partial charge on any atom is 0.213 e. The van der Waals surface area contributed by atoms with E-state index in [1.165, 1.54) is 0 Å². The molecule has 0 unspecified atom stereocenters. The van der Waals surface area contributed by atoms with E-state index in [1.54, 1.807) is 0 Å². The van der Waals surface area contributed by atoms with Crippen molar-refractivity contribution in [2.45, 2.75) is 20.4 Å². The molecule has 0 radical (unpaired) electrons. The van der Waals surface area contributed by atoms with Gasteiger partial charge in [-0.3, -0.25) is 0 Å². The fourth-order valence-corrected chi connectivity index (χ4v) is 2.18. The smallest absolute Gasteiger partial charge is 0.213 e. The van der Waals surface area contributed by atoms with E-state index in [-0.39, 0.29) is 0 Å². The summed E-state index contributed by atoms with van der Waals surface area (Å²) in [4.78, 5) is 4.32. The summed E-state index contributed by atoms with van der Waals surface area (Å²) >= 11 is 6.04. The van der Waals surface area contributed by atoms with E-state index in [0.29, 0.717) is 23.4 Å². The van der Waals surface area contributed by atoms with E-state index in [2.05, 4.69) is 20.5 Å². The molecule has 5 nitrogen and oxygen atoms in total. The molecule has 2 heterocycles. The van der Waals surface area contributed by atoms with Crippen LogP contribution in [-0.4, -0.2) is 15.2 Å². The highest BCUT2D eigenvalue weighted by Gasteiger charge is 2.09. The summed E-state index contributed by atoms with van der Waals surface area (Å²) in [5.41, 5.74) is 0.897. The van der Waals surface area contributed by atoms with Crippen molar-refractivity contribution in [3.63, 3.8) is 0 Å². The SMILES string of the molecule is Cc1nc(CNc2nnc(Cl)c3ccccc23)oc1C. The van der Waals surface area contributed by atoms with E-state index in [9.17, 15) is 0 Å². The highest BCUT2D eigenvalue weighted by atomic mass is 35.5. The molecule has 0 atom stereocenters. The van der Waals surface area contributed by atoms with Crippen molar-refractivity contribution < 1.29 is 4.42 Å². The zero-order chi connectivity index (χ0) is 14.1. The molecule has 1 N–H and O–H groups in total. The topological polar surface area (TPSA) is 63.8 Å². The number of oxazole rings is 1. The van der Waals surface area contributed by atoms with Gasteiger partial charge in [0.1, 0.15) is 5.76 Å². The summed E-state index contributed by atoms with van der Waals surface area (Å²) < 4.78 is 5.52. The van der Waals surface area contributed by atoms with Crippen LogP contribution in [0, 0.1) is 13.8 Å². The second-order valence-electron chi connectivity index (χ2n) is 4.49. The zero-order valence-corrected chi connectivity index (χ0v) is 11.9. The Morgan fingerprint density at radius 3 is 2.60 bits per heavy atom. The highest BCUT2D eigenvalue weighted by Crippen LogP contribution is 2.25. The molecule has 0 aliphatic rings. The van der Waals surface area contributed by atoms with Gasteiger partial charge in [0.25, 0.3) is 0 Å². The van der Waals surface area contributed by atoms with Crippen molar-refractivity contribution >= 4 is 28.2 Å². The molecule has 0 bridgehead atoms. The van der Waals surface area contributed by atoms with E-state index < -0.39 is 0 Å². The van der Waals surface area contributed by atoms with E-state index in [0.717, 1.165) is 22.2 Å². The molecule has 0 saturated heterocycles. The van der Waals surface area contributed by atoms with Crippen LogP contribution >= 0.6 is 11.6 Å². The van der Waals surface area contributed by atoms with Gasteiger partial charge >= 0.3 is 0 Å². The average Bonchev–Trinajstić information content (AvgIpc) is 2.77. The van der Waals surface area contributed by atoms with Gasteiger partial charge in [-0.05, 0) is 13.8 Å². The van der Waals surface area contributed by atoms with Crippen molar-refractivity contribution in [1.29, 1.82) is 0 Å². The molecule has 6 heteroatoms. The second kappa shape index (κ2) is 5.09. The molecule has 1 aromatic carbocycles. The lowest BCUT2D eigenvalue weighted by atomic mass is 10.2. The molecule has 3 rings (SSSR count). The van der Waals surface area contributed by atoms with Crippen LogP contribution in [0.15, 0.2) is 28.7 Å². The monoisotopic (exact) mass is 288 g/mol. The third-order valence-electron chi connectivity index (χ3n) is 3.12. The van der Waals surface area contributed by atoms with Gasteiger partial charge in [0.2, 0.25) is 5.89 Å². The molecule has 0 saturated carbocycles. The van der Waals surface area contributed by atoms with Crippen LogP contribution in [0.3, 0.4) is 0 Å². The summed E-state index contributed by atoms with van der Waals surface area (Å²) in [7, 11) is 0. The maximum absolute atomic E-state index is 6.04. The lowest BCUT2D eigenvalue weighted by molar-refractivity contribution is 0.478. The number of halogens is 1. The van der Waals surface area contributed by atoms with Gasteiger partial charge in [0.05, 0.1) is 12.2 Å². The Labute approximate surface area is 121 Å². The van der Waals surface area contributed by atoms with Crippen LogP contribution in [0.5, 0.6) is 0 Å². The minimum absolute atomic E-state index is 0.397. The number of nitrogens with zero attached hydrogens (tertiary/aromatic N) is 3. The number of hydrogen-bond acceptors (Lipinski definition) is 5. The zero-order valence-electron chi connectivity index (χ0n) is 11.1. The summed E-state index contributed by atoms with van der Waals surface area (Å²) in [5, 5.41) is 13.4. The largest absolute Gasteiger partial charge is 0.444 e. The Kier molecular flexibility index (Phi) is 3.28. The first-order valence-corrected chi connectivity index (χ1v) is 6.60. The minimum atomic E-state index is 0.397. The Balaban J connectivity index is 1.89. The minimum Gasteiger partial charge on any atom is -0.444 e. The lowest BCUT2D eigenvalue weighted by Crippen LogP contribution is -2.03. The maximum atomic E-state index is 6.04. The quantitative estimate of drug-likeness (QED) is 0.799. The van der Waals surface area contributed by atoms with Crippen molar-refractivity contribution in [1.82, 2.24) is 15.2 Å². The van der Waals surface area contributed by atoms with Crippen molar-refractivity contribution in [2.75, 3.05) is 5.32 Å². The van der Waals surface area contributed by atoms with Crippen LogP contribution in [0.2, 0.25) is 5.15 Å². The van der Waals surface area contributed by atoms with Crippen LogP contribution < -0.4 is 5.32 Å². The molecule has 20 heavy (non-hydrogen) atoms. The number of rotatable bonds is 3. The number of aryl methyl sites for hydroxylation is 2. The van der Waals surface area contributed by atoms with Crippen molar-refractivity contribution in [3.8, 4) is 0 Å². The van der Waals surface area contributed by atoms with Gasteiger partial charge in [-0.15, -0.1) is 10.2 Å². The number of anilines is 1. The average molecular weight is 289 g/mol. The Hall–Kier alpha value is -2.14. The van der Waals surface area contributed by atoms with Gasteiger partial charge in [-0.2, -0.15) is 0 Å². The first kappa shape index (κ1) is 12.9. The second-order valence-corrected chi connectivity index (χ2v) is 4.85. The number of nitrogens with one attached hydrogen (secondary N) is 1. The van der Waals surface area contributed by atoms with Crippen LogP contribution in [0.1, 0.15) is 17.3 Å². The molecular formula is C14H13ClN4O. The number of fused-ring (bicyclic) bond motifs is 1. The summed E-state index contributed by atoms with van der Waals surface area (Å²) in [6, 6.07) is 7.71. The lowest BCUT2D eigenvalue weighted by Gasteiger charge is -2.06. The van der Waals surface area contributed by atoms with Gasteiger partial charge in [-0.25, -0.2) is 4.98 Å². The molecule has 0 amide bonds. The van der Waals surface area contributed by atoms with Crippen molar-refractivity contribution in [2.24, 2.45) is 0 Å². The predicted molar refractivity (Wildman–Crippen MR) is 77.9 cm³/mol. The molecule has 2 aromatic heterocycles. The normalized spacial score (nSPS) is 10.9.